The molecule has 11 nitrogen and oxygen atoms in total. The third kappa shape index (κ3) is 56.0. The largest absolute Gasteiger partial charge is 0.454 e. The first-order chi connectivity index (χ1) is 45.7. The molecule has 0 aliphatic carbocycles. The van der Waals surface area contributed by atoms with Crippen LogP contribution in [0.1, 0.15) is 387 Å². The molecule has 0 radical (unpaired) electrons. The van der Waals surface area contributed by atoms with Gasteiger partial charge in [-0.2, -0.15) is 0 Å². The Bertz CT molecular complexity index is 1750. The zero-order chi connectivity index (χ0) is 67.4. The van der Waals surface area contributed by atoms with E-state index in [0.717, 1.165) is 70.6 Å². The Balaban J connectivity index is 2.46. The fraction of sp³-hybridized carbons (Fsp3) is 0.854. The number of allylic oxidation sites excluding steroid dienone is 9. The highest BCUT2D eigenvalue weighted by atomic mass is 16.7. The molecule has 1 rings (SSSR count). The monoisotopic (exact) mass is 1310 g/mol. The molecule has 0 bridgehead atoms. The lowest BCUT2D eigenvalue weighted by atomic mass is 9.99. The van der Waals surface area contributed by atoms with Crippen LogP contribution in [0.5, 0.6) is 0 Å². The molecule has 0 saturated carbocycles. The number of unbranched alkanes of at least 4 members (excludes halogenated alkanes) is 48. The average molecular weight is 1310 g/mol. The van der Waals surface area contributed by atoms with Gasteiger partial charge in [0.05, 0.1) is 25.4 Å². The van der Waals surface area contributed by atoms with Crippen molar-refractivity contribution in [3.05, 3.63) is 60.8 Å². The first kappa shape index (κ1) is 88.4. The van der Waals surface area contributed by atoms with Gasteiger partial charge in [0, 0.05) is 6.42 Å². The summed E-state index contributed by atoms with van der Waals surface area (Å²) in [4.78, 5) is 26.8. The first-order valence-electron chi connectivity index (χ1n) is 40.1. The molecule has 1 fully saturated rings. The van der Waals surface area contributed by atoms with Crippen molar-refractivity contribution in [2.24, 2.45) is 0 Å². The number of carbonyl (C=O) groups is 2. The lowest BCUT2D eigenvalue weighted by Gasteiger charge is -2.41. The van der Waals surface area contributed by atoms with Crippen LogP contribution in [0.15, 0.2) is 60.8 Å². The van der Waals surface area contributed by atoms with Crippen molar-refractivity contribution >= 4 is 11.9 Å². The molecule has 544 valence electrons. The van der Waals surface area contributed by atoms with Crippen LogP contribution < -0.4 is 5.32 Å². The Hall–Kier alpha value is -2.64. The number of hydrogen-bond acceptors (Lipinski definition) is 10. The zero-order valence-corrected chi connectivity index (χ0v) is 60.9. The normalized spacial score (nSPS) is 18.1. The Morgan fingerprint density at radius 1 is 0.419 bits per heavy atom. The minimum atomic E-state index is -1.61. The lowest BCUT2D eigenvalue weighted by Crippen LogP contribution is -2.61. The summed E-state index contributed by atoms with van der Waals surface area (Å²) in [6.45, 7) is 5.81. The van der Waals surface area contributed by atoms with E-state index in [9.17, 15) is 35.1 Å². The fourth-order valence-corrected chi connectivity index (χ4v) is 12.6. The number of aliphatic hydroxyl groups excluding tert-OH is 5. The highest BCUT2D eigenvalue weighted by Gasteiger charge is 2.47. The summed E-state index contributed by atoms with van der Waals surface area (Å²) in [5.41, 5.74) is 0. The van der Waals surface area contributed by atoms with Crippen molar-refractivity contribution in [3.8, 4) is 0 Å². The van der Waals surface area contributed by atoms with Crippen LogP contribution in [0.25, 0.3) is 0 Å². The number of nitrogens with one attached hydrogen (secondary N) is 1. The van der Waals surface area contributed by atoms with Gasteiger partial charge in [-0.15, -0.1) is 0 Å². The van der Waals surface area contributed by atoms with Crippen LogP contribution in [0.2, 0.25) is 0 Å². The van der Waals surface area contributed by atoms with Crippen molar-refractivity contribution in [3.63, 3.8) is 0 Å². The predicted molar refractivity (Wildman–Crippen MR) is 393 cm³/mol. The number of esters is 1. The van der Waals surface area contributed by atoms with E-state index >= 15 is 0 Å². The summed E-state index contributed by atoms with van der Waals surface area (Å²) in [5, 5.41) is 57.4. The van der Waals surface area contributed by atoms with Gasteiger partial charge in [0.15, 0.2) is 12.4 Å². The number of ether oxygens (including phenoxy) is 3. The van der Waals surface area contributed by atoms with E-state index in [0.29, 0.717) is 19.3 Å². The molecule has 1 amide bonds. The van der Waals surface area contributed by atoms with E-state index in [-0.39, 0.29) is 13.0 Å². The smallest absolute Gasteiger partial charge is 0.306 e. The Morgan fingerprint density at radius 2 is 0.742 bits per heavy atom. The maximum absolute atomic E-state index is 13.5. The summed E-state index contributed by atoms with van der Waals surface area (Å²) >= 11 is 0. The average Bonchev–Trinajstić information content (AvgIpc) is 0.974. The molecule has 8 atom stereocenters. The van der Waals surface area contributed by atoms with E-state index in [4.69, 9.17) is 14.2 Å². The van der Waals surface area contributed by atoms with Crippen LogP contribution in [0.4, 0.5) is 0 Å². The Morgan fingerprint density at radius 3 is 1.14 bits per heavy atom. The molecule has 0 aromatic carbocycles. The van der Waals surface area contributed by atoms with Gasteiger partial charge < -0.3 is 45.1 Å². The molecular formula is C82H151NO10. The van der Waals surface area contributed by atoms with Crippen LogP contribution in [0.3, 0.4) is 0 Å². The van der Waals surface area contributed by atoms with Crippen molar-refractivity contribution in [2.75, 3.05) is 13.2 Å². The number of aliphatic hydroxyl groups is 5. The quantitative estimate of drug-likeness (QED) is 0.0195. The van der Waals surface area contributed by atoms with Crippen LogP contribution >= 0.6 is 0 Å². The number of rotatable bonds is 70. The van der Waals surface area contributed by atoms with E-state index in [1.807, 2.05) is 6.08 Å². The molecule has 11 heteroatoms. The second-order valence-corrected chi connectivity index (χ2v) is 27.8. The summed E-state index contributed by atoms with van der Waals surface area (Å²) in [5.74, 6) is -1.18. The van der Waals surface area contributed by atoms with Crippen molar-refractivity contribution in [2.45, 2.75) is 436 Å². The number of amides is 1. The highest BCUT2D eigenvalue weighted by Crippen LogP contribution is 2.27. The predicted octanol–water partition coefficient (Wildman–Crippen LogP) is 21.6. The third-order valence-corrected chi connectivity index (χ3v) is 18.9. The maximum atomic E-state index is 13.5. The van der Waals surface area contributed by atoms with E-state index in [1.54, 1.807) is 6.08 Å². The fourth-order valence-electron chi connectivity index (χ4n) is 12.6. The molecule has 1 heterocycles. The van der Waals surface area contributed by atoms with Gasteiger partial charge >= 0.3 is 5.97 Å². The molecule has 8 unspecified atom stereocenters. The van der Waals surface area contributed by atoms with Gasteiger partial charge in [0.1, 0.15) is 24.4 Å². The van der Waals surface area contributed by atoms with Crippen molar-refractivity contribution in [1.29, 1.82) is 0 Å². The molecule has 0 aromatic heterocycles. The number of hydrogen-bond donors (Lipinski definition) is 6. The van der Waals surface area contributed by atoms with Gasteiger partial charge in [-0.1, -0.05) is 351 Å². The second-order valence-electron chi connectivity index (χ2n) is 27.8. The number of carbonyl (C=O) groups excluding carboxylic acids is 2. The zero-order valence-electron chi connectivity index (χ0n) is 60.9. The Labute approximate surface area is 573 Å². The SMILES string of the molecule is CCCCC/C=C\C/C=C\C/C=C\CCCCCCCCCCCCCCCC(O)C(=O)NC(COC1OC(CO)C(O)C(O)C1OC(=O)CCCCCCCCCCCCCCCCCCC/C=C/CCCCCCCC)C(O)/C=C/CCCCCCCCCCC. The summed E-state index contributed by atoms with van der Waals surface area (Å²) in [6.07, 6.45) is 80.0. The van der Waals surface area contributed by atoms with Crippen molar-refractivity contribution in [1.82, 2.24) is 5.32 Å². The molecule has 0 aromatic rings. The van der Waals surface area contributed by atoms with E-state index in [1.165, 1.54) is 270 Å². The molecule has 93 heavy (non-hydrogen) atoms. The standard InChI is InChI=1S/C82H151NO10/c1-4-7-10-13-16-19-22-24-26-28-30-32-34-36-38-40-42-44-46-48-50-52-55-58-61-64-67-70-77(87)93-80-79(89)78(88)76(71-84)92-82(80)91-72-73(74(85)68-65-62-59-56-53-21-18-15-12-9-6-3)83-81(90)75(86)69-66-63-60-57-54-51-49-47-45-43-41-39-37-35-33-31-29-27-25-23-20-17-14-11-8-5-2/h17,20,24-27,31,33,65,68,73-76,78-80,82,84-86,88-89H,4-16,18-19,21-23,28-30,32,34-64,66-67,69-72H2,1-3H3,(H,83,90)/b20-17-,26-24+,27-25-,33-31-,68-65+. The third-order valence-electron chi connectivity index (χ3n) is 18.9. The molecule has 1 saturated heterocycles. The van der Waals surface area contributed by atoms with Gasteiger partial charge in [0.2, 0.25) is 5.91 Å². The second kappa shape index (κ2) is 69.3. The minimum Gasteiger partial charge on any atom is -0.454 e. The molecular weight excluding hydrogens is 1160 g/mol. The van der Waals surface area contributed by atoms with Gasteiger partial charge in [-0.05, 0) is 89.9 Å². The topological polar surface area (TPSA) is 175 Å². The summed E-state index contributed by atoms with van der Waals surface area (Å²) in [7, 11) is 0. The molecule has 1 aliphatic rings. The van der Waals surface area contributed by atoms with Crippen LogP contribution in [-0.4, -0.2) is 99.6 Å². The molecule has 6 N–H and O–H groups in total. The lowest BCUT2D eigenvalue weighted by molar-refractivity contribution is -0.305. The first-order valence-corrected chi connectivity index (χ1v) is 40.1. The molecule has 0 spiro atoms. The van der Waals surface area contributed by atoms with E-state index < -0.39 is 67.4 Å². The maximum Gasteiger partial charge on any atom is 0.306 e. The van der Waals surface area contributed by atoms with Gasteiger partial charge in [-0.25, -0.2) is 0 Å². The summed E-state index contributed by atoms with van der Waals surface area (Å²) in [6, 6.07) is -1.03. The molecule has 1 aliphatic heterocycles. The van der Waals surface area contributed by atoms with Crippen molar-refractivity contribution < 1.29 is 49.3 Å². The van der Waals surface area contributed by atoms with Gasteiger partial charge in [0.25, 0.3) is 0 Å². The van der Waals surface area contributed by atoms with Crippen LogP contribution in [0, 0.1) is 0 Å². The minimum absolute atomic E-state index is 0.127. The van der Waals surface area contributed by atoms with E-state index in [2.05, 4.69) is 74.7 Å². The highest BCUT2D eigenvalue weighted by molar-refractivity contribution is 5.80. The Kier molecular flexibility index (Phi) is 65.8. The summed E-state index contributed by atoms with van der Waals surface area (Å²) < 4.78 is 17.8. The van der Waals surface area contributed by atoms with Crippen LogP contribution in [-0.2, 0) is 23.8 Å². The van der Waals surface area contributed by atoms with Gasteiger partial charge in [-0.3, -0.25) is 9.59 Å².